The molecule has 9 heteroatoms. The van der Waals surface area contributed by atoms with Crippen LogP contribution < -0.4 is 5.32 Å². The largest absolute Gasteiger partial charge is 0.481 e. The van der Waals surface area contributed by atoms with Crippen LogP contribution in [-0.4, -0.2) is 36.4 Å². The molecule has 0 saturated carbocycles. The van der Waals surface area contributed by atoms with Crippen molar-refractivity contribution < 1.29 is 18.7 Å². The van der Waals surface area contributed by atoms with Crippen LogP contribution >= 0.6 is 0 Å². The van der Waals surface area contributed by atoms with Crippen LogP contribution in [0, 0.1) is 31.4 Å². The van der Waals surface area contributed by atoms with Gasteiger partial charge in [0, 0.05) is 23.5 Å². The average Bonchev–Trinajstić information content (AvgIpc) is 3.15. The fourth-order valence-corrected chi connectivity index (χ4v) is 4.61. The summed E-state index contributed by atoms with van der Waals surface area (Å²) >= 11 is 0. The standard InChI is InChI=1S/C27H23F2N5O2/c1-15-19(28)8-6-9-22(15)34-25(32-27(3)10-5-4-7-18(27)26(35)36)23(16(2)33-34)17-13-20(29)24-21(14-17)30-11-12-31-24/h4-14,18,32H,1-3H3,(H,35,36). The Morgan fingerprint density at radius 2 is 1.89 bits per heavy atom. The van der Waals surface area contributed by atoms with Gasteiger partial charge in [-0.1, -0.05) is 30.4 Å². The molecule has 0 fully saturated rings. The van der Waals surface area contributed by atoms with Gasteiger partial charge in [-0.25, -0.2) is 18.4 Å². The van der Waals surface area contributed by atoms with Gasteiger partial charge in [-0.3, -0.25) is 9.78 Å². The Hall–Kier alpha value is -4.40. The summed E-state index contributed by atoms with van der Waals surface area (Å²) in [6.45, 7) is 5.16. The lowest BCUT2D eigenvalue weighted by atomic mass is 9.82. The maximum absolute atomic E-state index is 15.0. The van der Waals surface area contributed by atoms with Crippen LogP contribution in [0.3, 0.4) is 0 Å². The van der Waals surface area contributed by atoms with E-state index >= 15 is 4.39 Å². The van der Waals surface area contributed by atoms with E-state index in [9.17, 15) is 14.3 Å². The predicted octanol–water partition coefficient (Wildman–Crippen LogP) is 5.37. The van der Waals surface area contributed by atoms with Crippen LogP contribution in [-0.2, 0) is 4.79 Å². The van der Waals surface area contributed by atoms with Crippen LogP contribution in [0.25, 0.3) is 27.8 Å². The molecule has 7 nitrogen and oxygen atoms in total. The van der Waals surface area contributed by atoms with Gasteiger partial charge in [0.1, 0.15) is 23.1 Å². The Labute approximate surface area is 205 Å². The fourth-order valence-electron chi connectivity index (χ4n) is 4.61. The van der Waals surface area contributed by atoms with Crippen LogP contribution in [0.5, 0.6) is 0 Å². The molecule has 2 aromatic heterocycles. The van der Waals surface area contributed by atoms with Crippen molar-refractivity contribution in [3.8, 4) is 16.8 Å². The molecular weight excluding hydrogens is 464 g/mol. The van der Waals surface area contributed by atoms with Crippen molar-refractivity contribution in [3.63, 3.8) is 0 Å². The topological polar surface area (TPSA) is 92.9 Å². The predicted molar refractivity (Wildman–Crippen MR) is 133 cm³/mol. The Balaban J connectivity index is 1.78. The highest BCUT2D eigenvalue weighted by molar-refractivity contribution is 5.87. The van der Waals surface area contributed by atoms with Gasteiger partial charge in [0.05, 0.1) is 22.4 Å². The summed E-state index contributed by atoms with van der Waals surface area (Å²) in [6, 6.07) is 7.71. The molecule has 2 atom stereocenters. The van der Waals surface area contributed by atoms with Crippen molar-refractivity contribution in [2.45, 2.75) is 26.3 Å². The zero-order chi connectivity index (χ0) is 25.6. The zero-order valence-corrected chi connectivity index (χ0v) is 19.8. The minimum atomic E-state index is -1.06. The van der Waals surface area contributed by atoms with Gasteiger partial charge in [0.15, 0.2) is 5.82 Å². The summed E-state index contributed by atoms with van der Waals surface area (Å²) in [5.74, 6) is -2.46. The molecule has 0 saturated heterocycles. The van der Waals surface area contributed by atoms with Crippen LogP contribution in [0.2, 0.25) is 0 Å². The number of hydrogen-bond acceptors (Lipinski definition) is 5. The van der Waals surface area contributed by atoms with Crippen molar-refractivity contribution in [1.29, 1.82) is 0 Å². The van der Waals surface area contributed by atoms with Crippen LogP contribution in [0.1, 0.15) is 18.2 Å². The molecule has 0 radical (unpaired) electrons. The zero-order valence-electron chi connectivity index (χ0n) is 19.8. The number of carbonyl (C=O) groups is 1. The Bertz CT molecular complexity index is 1580. The first-order valence-corrected chi connectivity index (χ1v) is 11.3. The Kier molecular flexibility index (Phi) is 5.62. The van der Waals surface area contributed by atoms with Gasteiger partial charge in [-0.05, 0) is 50.6 Å². The molecule has 2 unspecified atom stereocenters. The lowest BCUT2D eigenvalue weighted by Gasteiger charge is -2.35. The summed E-state index contributed by atoms with van der Waals surface area (Å²) in [5, 5.41) is 17.9. The summed E-state index contributed by atoms with van der Waals surface area (Å²) in [6.07, 6.45) is 9.70. The molecule has 0 spiro atoms. The van der Waals surface area contributed by atoms with Crippen molar-refractivity contribution in [3.05, 3.63) is 89.9 Å². The summed E-state index contributed by atoms with van der Waals surface area (Å²) in [4.78, 5) is 20.4. The van der Waals surface area contributed by atoms with Crippen LogP contribution in [0.15, 0.2) is 67.0 Å². The molecule has 2 heterocycles. The maximum atomic E-state index is 15.0. The highest BCUT2D eigenvalue weighted by Gasteiger charge is 2.38. The minimum absolute atomic E-state index is 0.139. The number of rotatable bonds is 5. The third-order valence-corrected chi connectivity index (χ3v) is 6.50. The number of nitrogens with one attached hydrogen (secondary N) is 1. The number of aryl methyl sites for hydroxylation is 1. The molecule has 1 aliphatic rings. The number of aliphatic carboxylic acids is 1. The first-order valence-electron chi connectivity index (χ1n) is 11.3. The number of nitrogens with zero attached hydrogens (tertiary/aromatic N) is 4. The lowest BCUT2D eigenvalue weighted by Crippen LogP contribution is -2.45. The number of hydrogen-bond donors (Lipinski definition) is 2. The second-order valence-corrected chi connectivity index (χ2v) is 8.95. The second kappa shape index (κ2) is 8.67. The third-order valence-electron chi connectivity index (χ3n) is 6.50. The number of anilines is 1. The molecule has 0 amide bonds. The molecular formula is C27H23F2N5O2. The molecule has 4 aromatic rings. The maximum Gasteiger partial charge on any atom is 0.313 e. The number of benzene rings is 2. The first-order chi connectivity index (χ1) is 17.2. The van der Waals surface area contributed by atoms with Gasteiger partial charge in [0.25, 0.3) is 0 Å². The molecule has 2 N–H and O–H groups in total. The number of aromatic nitrogens is 4. The number of allylic oxidation sites excluding steroid dienone is 2. The van der Waals surface area contributed by atoms with E-state index in [0.717, 1.165) is 0 Å². The highest BCUT2D eigenvalue weighted by Crippen LogP contribution is 2.39. The molecule has 5 rings (SSSR count). The van der Waals surface area contributed by atoms with Gasteiger partial charge in [0.2, 0.25) is 0 Å². The van der Waals surface area contributed by atoms with Crippen molar-refractivity contribution >= 4 is 22.8 Å². The van der Waals surface area contributed by atoms with Gasteiger partial charge in [-0.2, -0.15) is 5.10 Å². The molecule has 1 aliphatic carbocycles. The Morgan fingerprint density at radius 1 is 1.11 bits per heavy atom. The average molecular weight is 488 g/mol. The van der Waals surface area contributed by atoms with Crippen molar-refractivity contribution in [1.82, 2.24) is 19.7 Å². The molecule has 2 aromatic carbocycles. The lowest BCUT2D eigenvalue weighted by molar-refractivity contribution is -0.141. The van der Waals surface area contributed by atoms with Gasteiger partial charge < -0.3 is 10.4 Å². The smallest absolute Gasteiger partial charge is 0.313 e. The summed E-state index contributed by atoms with van der Waals surface area (Å²) in [5.41, 5.74) is 1.83. The molecule has 36 heavy (non-hydrogen) atoms. The van der Waals surface area contributed by atoms with Crippen molar-refractivity contribution in [2.24, 2.45) is 5.92 Å². The van der Waals surface area contributed by atoms with E-state index in [1.54, 1.807) is 63.3 Å². The first kappa shape index (κ1) is 23.3. The van der Waals surface area contributed by atoms with E-state index in [1.165, 1.54) is 29.2 Å². The molecule has 0 bridgehead atoms. The van der Waals surface area contributed by atoms with E-state index in [2.05, 4.69) is 20.4 Å². The third kappa shape index (κ3) is 3.82. The number of carboxylic acids is 1. The van der Waals surface area contributed by atoms with Gasteiger partial charge >= 0.3 is 5.97 Å². The Morgan fingerprint density at radius 3 is 2.67 bits per heavy atom. The van der Waals surface area contributed by atoms with E-state index in [-0.39, 0.29) is 5.52 Å². The van der Waals surface area contributed by atoms with E-state index in [0.29, 0.717) is 39.4 Å². The van der Waals surface area contributed by atoms with E-state index in [4.69, 9.17) is 0 Å². The number of fused-ring (bicyclic) bond motifs is 1. The van der Waals surface area contributed by atoms with Gasteiger partial charge in [-0.15, -0.1) is 0 Å². The van der Waals surface area contributed by atoms with Crippen molar-refractivity contribution in [2.75, 3.05) is 5.32 Å². The quantitative estimate of drug-likeness (QED) is 0.393. The normalized spacial score (nSPS) is 19.1. The summed E-state index contributed by atoms with van der Waals surface area (Å²) < 4.78 is 31.1. The van der Waals surface area contributed by atoms with Crippen LogP contribution in [0.4, 0.5) is 14.6 Å². The number of carboxylic acid groups (broad SMARTS) is 1. The monoisotopic (exact) mass is 487 g/mol. The number of halogens is 2. The second-order valence-electron chi connectivity index (χ2n) is 8.95. The summed E-state index contributed by atoms with van der Waals surface area (Å²) in [7, 11) is 0. The van der Waals surface area contributed by atoms with E-state index < -0.39 is 29.1 Å². The highest BCUT2D eigenvalue weighted by atomic mass is 19.1. The molecule has 0 aliphatic heterocycles. The minimum Gasteiger partial charge on any atom is -0.481 e. The fraction of sp³-hybridized carbons (Fsp3) is 0.185. The molecule has 182 valence electrons. The van der Waals surface area contributed by atoms with E-state index in [1.807, 2.05) is 0 Å². The SMILES string of the molecule is Cc1nn(-c2cccc(F)c2C)c(NC2(C)C=CC=CC2C(=O)O)c1-c1cc(F)c2nccnc2c1.